The van der Waals surface area contributed by atoms with E-state index in [4.69, 9.17) is 0 Å². The number of hydrogen-bond acceptors (Lipinski definition) is 3. The Balaban J connectivity index is 2.21. The summed E-state index contributed by atoms with van der Waals surface area (Å²) < 4.78 is 0. The Morgan fingerprint density at radius 1 is 0.757 bits per heavy atom. The normalized spacial score (nSPS) is 12.0. The Kier molecular flexibility index (Phi) is 11.5. The van der Waals surface area contributed by atoms with Crippen LogP contribution < -0.4 is 10.2 Å². The maximum Gasteiger partial charge on any atom is 0.255 e. The van der Waals surface area contributed by atoms with Crippen LogP contribution in [0.2, 0.25) is 0 Å². The molecule has 0 radical (unpaired) electrons. The first-order chi connectivity index (χ1) is 17.4. The van der Waals surface area contributed by atoms with Crippen molar-refractivity contribution in [2.45, 2.75) is 118 Å². The molecule has 0 aliphatic carbocycles. The van der Waals surface area contributed by atoms with Crippen LogP contribution in [0.15, 0.2) is 36.4 Å². The minimum Gasteiger partial charge on any atom is -0.507 e. The van der Waals surface area contributed by atoms with Crippen LogP contribution in [0.1, 0.15) is 128 Å². The number of phenolic OH excluding ortho intramolecular Hbond substituents is 1. The molecule has 0 bridgehead atoms. The van der Waals surface area contributed by atoms with Gasteiger partial charge >= 0.3 is 0 Å². The monoisotopic (exact) mass is 508 g/mol. The summed E-state index contributed by atoms with van der Waals surface area (Å²) in [7, 11) is 0. The molecular formula is C33H52N2O2. The van der Waals surface area contributed by atoms with Gasteiger partial charge in [0.2, 0.25) is 0 Å². The van der Waals surface area contributed by atoms with Crippen molar-refractivity contribution in [1.82, 2.24) is 0 Å². The van der Waals surface area contributed by atoms with Gasteiger partial charge in [-0.1, -0.05) is 93.9 Å². The highest BCUT2D eigenvalue weighted by Gasteiger charge is 2.27. The molecule has 37 heavy (non-hydrogen) atoms. The van der Waals surface area contributed by atoms with Crippen LogP contribution in [-0.2, 0) is 10.8 Å². The highest BCUT2D eigenvalue weighted by molar-refractivity contribution is 6.04. The molecule has 2 aromatic carbocycles. The summed E-state index contributed by atoms with van der Waals surface area (Å²) >= 11 is 0. The number of benzene rings is 2. The second-order valence-electron chi connectivity index (χ2n) is 12.5. The van der Waals surface area contributed by atoms with Crippen LogP contribution in [0.4, 0.5) is 11.4 Å². The van der Waals surface area contributed by atoms with Crippen LogP contribution in [0.5, 0.6) is 5.75 Å². The summed E-state index contributed by atoms with van der Waals surface area (Å²) in [6.45, 7) is 19.0. The number of nitrogens with one attached hydrogen (secondary N) is 1. The SMILES string of the molecule is CCCCCCN(CCCCCC)c1ccc(NC(=O)c2cc(C(C)(C)C)c(O)c(C(C)(C)C)c2)cc1. The lowest BCUT2D eigenvalue weighted by Gasteiger charge is -2.28. The molecule has 0 spiro atoms. The van der Waals surface area contributed by atoms with Gasteiger partial charge in [-0.25, -0.2) is 0 Å². The lowest BCUT2D eigenvalue weighted by molar-refractivity contribution is 0.102. The number of nitrogens with zero attached hydrogens (tertiary/aromatic N) is 1. The largest absolute Gasteiger partial charge is 0.507 e. The maximum atomic E-state index is 13.3. The Labute approximate surface area is 226 Å². The number of hydrogen-bond donors (Lipinski definition) is 2. The zero-order valence-electron chi connectivity index (χ0n) is 24.8. The van der Waals surface area contributed by atoms with E-state index >= 15 is 0 Å². The van der Waals surface area contributed by atoms with Crippen molar-refractivity contribution in [1.29, 1.82) is 0 Å². The molecule has 2 rings (SSSR count). The van der Waals surface area contributed by atoms with Gasteiger partial charge in [0.1, 0.15) is 5.75 Å². The Bertz CT molecular complexity index is 934. The van der Waals surface area contributed by atoms with Crippen LogP contribution in [0.3, 0.4) is 0 Å². The van der Waals surface area contributed by atoms with E-state index in [0.29, 0.717) is 11.3 Å². The Morgan fingerprint density at radius 3 is 1.62 bits per heavy atom. The molecule has 2 aromatic rings. The molecule has 0 aliphatic heterocycles. The van der Waals surface area contributed by atoms with Gasteiger partial charge in [-0.05, 0) is 60.1 Å². The second kappa shape index (κ2) is 13.9. The van der Waals surface area contributed by atoms with Gasteiger partial charge in [-0.2, -0.15) is 0 Å². The summed E-state index contributed by atoms with van der Waals surface area (Å²) in [5.41, 5.74) is 3.61. The van der Waals surface area contributed by atoms with Gasteiger partial charge in [0.25, 0.3) is 5.91 Å². The van der Waals surface area contributed by atoms with E-state index in [9.17, 15) is 9.90 Å². The first-order valence-electron chi connectivity index (χ1n) is 14.4. The molecule has 0 saturated carbocycles. The van der Waals surface area contributed by atoms with E-state index in [2.05, 4.69) is 77.7 Å². The summed E-state index contributed by atoms with van der Waals surface area (Å²) in [5.74, 6) is 0.138. The van der Waals surface area contributed by atoms with Gasteiger partial charge in [-0.15, -0.1) is 0 Å². The lowest BCUT2D eigenvalue weighted by Crippen LogP contribution is -2.25. The van der Waals surface area contributed by atoms with Gasteiger partial charge in [0.15, 0.2) is 0 Å². The van der Waals surface area contributed by atoms with E-state index in [1.54, 1.807) is 0 Å². The molecule has 0 aliphatic rings. The number of unbranched alkanes of at least 4 members (excludes halogenated alkanes) is 6. The van der Waals surface area contributed by atoms with Crippen LogP contribution in [-0.4, -0.2) is 24.1 Å². The van der Waals surface area contributed by atoms with Crippen molar-refractivity contribution in [2.75, 3.05) is 23.3 Å². The van der Waals surface area contributed by atoms with Crippen molar-refractivity contribution < 1.29 is 9.90 Å². The zero-order valence-corrected chi connectivity index (χ0v) is 24.8. The van der Waals surface area contributed by atoms with E-state index in [-0.39, 0.29) is 16.7 Å². The Hall–Kier alpha value is -2.49. The number of anilines is 2. The molecule has 0 fully saturated rings. The topological polar surface area (TPSA) is 52.6 Å². The van der Waals surface area contributed by atoms with E-state index in [1.807, 2.05) is 24.3 Å². The minimum absolute atomic E-state index is 0.153. The van der Waals surface area contributed by atoms with E-state index in [0.717, 1.165) is 29.9 Å². The summed E-state index contributed by atoms with van der Waals surface area (Å²) in [6, 6.07) is 12.0. The molecule has 0 atom stereocenters. The van der Waals surface area contributed by atoms with E-state index in [1.165, 1.54) is 57.1 Å². The number of amides is 1. The number of carbonyl (C=O) groups is 1. The molecule has 4 heteroatoms. The van der Waals surface area contributed by atoms with Crippen molar-refractivity contribution >= 4 is 17.3 Å². The first-order valence-corrected chi connectivity index (χ1v) is 14.4. The molecule has 1 amide bonds. The predicted molar refractivity (Wildman–Crippen MR) is 160 cm³/mol. The molecule has 4 nitrogen and oxygen atoms in total. The fraction of sp³-hybridized carbons (Fsp3) is 0.606. The van der Waals surface area contributed by atoms with Gasteiger partial charge in [0, 0.05) is 41.2 Å². The lowest BCUT2D eigenvalue weighted by atomic mass is 9.78. The predicted octanol–water partition coefficient (Wildman–Crippen LogP) is 9.21. The molecule has 0 saturated heterocycles. The number of rotatable bonds is 13. The quantitative estimate of drug-likeness (QED) is 0.265. The fourth-order valence-corrected chi connectivity index (χ4v) is 4.70. The summed E-state index contributed by atoms with van der Waals surface area (Å²) in [6.07, 6.45) is 10.1. The highest BCUT2D eigenvalue weighted by Crippen LogP contribution is 2.40. The molecule has 2 N–H and O–H groups in total. The molecule has 0 unspecified atom stereocenters. The van der Waals surface area contributed by atoms with Crippen molar-refractivity contribution in [2.24, 2.45) is 0 Å². The number of carbonyl (C=O) groups excluding carboxylic acids is 1. The van der Waals surface area contributed by atoms with Gasteiger partial charge in [0.05, 0.1) is 0 Å². The third-order valence-electron chi connectivity index (χ3n) is 7.04. The summed E-state index contributed by atoms with van der Waals surface area (Å²) in [4.78, 5) is 15.8. The van der Waals surface area contributed by atoms with Crippen LogP contribution >= 0.6 is 0 Å². The van der Waals surface area contributed by atoms with Crippen molar-refractivity contribution in [3.8, 4) is 5.75 Å². The molecular weight excluding hydrogens is 456 g/mol. The van der Waals surface area contributed by atoms with E-state index < -0.39 is 0 Å². The second-order valence-corrected chi connectivity index (χ2v) is 12.5. The molecule has 206 valence electrons. The van der Waals surface area contributed by atoms with Gasteiger partial charge < -0.3 is 15.3 Å². The fourth-order valence-electron chi connectivity index (χ4n) is 4.70. The van der Waals surface area contributed by atoms with Crippen LogP contribution in [0.25, 0.3) is 0 Å². The van der Waals surface area contributed by atoms with Crippen molar-refractivity contribution in [3.05, 3.63) is 53.1 Å². The Morgan fingerprint density at radius 2 is 1.22 bits per heavy atom. The number of phenols is 1. The smallest absolute Gasteiger partial charge is 0.255 e. The maximum absolute atomic E-state index is 13.3. The first kappa shape index (κ1) is 30.7. The average Bonchev–Trinajstić information content (AvgIpc) is 2.82. The number of aromatic hydroxyl groups is 1. The average molecular weight is 509 g/mol. The zero-order chi connectivity index (χ0) is 27.6. The third-order valence-corrected chi connectivity index (χ3v) is 7.04. The molecule has 0 heterocycles. The molecule has 0 aromatic heterocycles. The minimum atomic E-state index is -0.278. The van der Waals surface area contributed by atoms with Gasteiger partial charge in [-0.3, -0.25) is 4.79 Å². The third kappa shape index (κ3) is 9.39. The van der Waals surface area contributed by atoms with Crippen molar-refractivity contribution in [3.63, 3.8) is 0 Å². The highest BCUT2D eigenvalue weighted by atomic mass is 16.3. The standard InChI is InChI=1S/C33H52N2O2/c1-9-11-13-15-21-35(22-16-14-12-10-2)27-19-17-26(18-20-27)34-31(37)25-23-28(32(3,4)5)30(36)29(24-25)33(6,7)8/h17-20,23-24,36H,9-16,21-22H2,1-8H3,(H,34,37). The summed E-state index contributed by atoms with van der Waals surface area (Å²) in [5, 5.41) is 14.1. The van der Waals surface area contributed by atoms with Crippen LogP contribution in [0, 0.1) is 0 Å².